The van der Waals surface area contributed by atoms with Gasteiger partial charge in [0, 0.05) is 11.7 Å². The van der Waals surface area contributed by atoms with Gasteiger partial charge in [-0.05, 0) is 56.9 Å². The summed E-state index contributed by atoms with van der Waals surface area (Å²) in [6, 6.07) is 6.49. The van der Waals surface area contributed by atoms with Crippen molar-refractivity contribution in [3.63, 3.8) is 0 Å². The predicted molar refractivity (Wildman–Crippen MR) is 70.2 cm³/mol. The Morgan fingerprint density at radius 3 is 2.35 bits per heavy atom. The Morgan fingerprint density at radius 1 is 1.24 bits per heavy atom. The first-order valence-corrected chi connectivity index (χ1v) is 6.20. The molecule has 1 saturated carbocycles. The van der Waals surface area contributed by atoms with Gasteiger partial charge in [-0.15, -0.1) is 0 Å². The minimum Gasteiger partial charge on any atom is -0.374 e. The van der Waals surface area contributed by atoms with Gasteiger partial charge in [0.25, 0.3) is 0 Å². The van der Waals surface area contributed by atoms with E-state index in [9.17, 15) is 4.79 Å². The van der Waals surface area contributed by atoms with Crippen LogP contribution < -0.4 is 10.6 Å². The molecule has 2 N–H and O–H groups in total. The maximum absolute atomic E-state index is 11.8. The fraction of sp³-hybridized carbons (Fsp3) is 0.500. The first kappa shape index (κ1) is 12.0. The van der Waals surface area contributed by atoms with Gasteiger partial charge in [0.05, 0.1) is 0 Å². The summed E-state index contributed by atoms with van der Waals surface area (Å²) < 4.78 is 0. The van der Waals surface area contributed by atoms with Crippen molar-refractivity contribution in [2.24, 2.45) is 0 Å². The van der Waals surface area contributed by atoms with Crippen LogP contribution in [0.3, 0.4) is 0 Å². The van der Waals surface area contributed by atoms with Gasteiger partial charge in [0.1, 0.15) is 6.04 Å². The van der Waals surface area contributed by atoms with Gasteiger partial charge in [0.2, 0.25) is 5.91 Å². The quantitative estimate of drug-likeness (QED) is 0.837. The number of nitrogens with one attached hydrogen (secondary N) is 2. The monoisotopic (exact) mass is 232 g/mol. The van der Waals surface area contributed by atoms with E-state index in [1.54, 1.807) is 0 Å². The lowest BCUT2D eigenvalue weighted by Crippen LogP contribution is -2.38. The van der Waals surface area contributed by atoms with Crippen molar-refractivity contribution in [2.75, 3.05) is 5.32 Å². The van der Waals surface area contributed by atoms with E-state index in [1.165, 1.54) is 11.1 Å². The van der Waals surface area contributed by atoms with Crippen molar-refractivity contribution in [3.05, 3.63) is 29.3 Å². The molecule has 3 nitrogen and oxygen atoms in total. The zero-order chi connectivity index (χ0) is 12.4. The largest absolute Gasteiger partial charge is 0.374 e. The van der Waals surface area contributed by atoms with Crippen LogP contribution in [0.4, 0.5) is 5.69 Å². The molecule has 0 bridgehead atoms. The van der Waals surface area contributed by atoms with Gasteiger partial charge in [0.15, 0.2) is 0 Å². The van der Waals surface area contributed by atoms with Crippen molar-refractivity contribution >= 4 is 11.6 Å². The molecular weight excluding hydrogens is 212 g/mol. The summed E-state index contributed by atoms with van der Waals surface area (Å²) in [5, 5.41) is 6.25. The Labute approximate surface area is 103 Å². The van der Waals surface area contributed by atoms with E-state index in [2.05, 4.69) is 42.7 Å². The topological polar surface area (TPSA) is 41.1 Å². The molecule has 1 amide bonds. The number of carbonyl (C=O) groups is 1. The van der Waals surface area contributed by atoms with Crippen molar-refractivity contribution in [3.8, 4) is 0 Å². The molecule has 1 aliphatic rings. The molecular formula is C14H20N2O. The number of hydrogen-bond donors (Lipinski definition) is 2. The minimum absolute atomic E-state index is 0.0895. The van der Waals surface area contributed by atoms with Crippen LogP contribution in [-0.2, 0) is 4.79 Å². The van der Waals surface area contributed by atoms with E-state index < -0.39 is 0 Å². The molecule has 92 valence electrons. The average Bonchev–Trinajstić information content (AvgIpc) is 2.99. The Kier molecular flexibility index (Phi) is 3.36. The smallest absolute Gasteiger partial charge is 0.242 e. The molecule has 2 rings (SSSR count). The summed E-state index contributed by atoms with van der Waals surface area (Å²) in [5.74, 6) is 0.0895. The third kappa shape index (κ3) is 3.48. The lowest BCUT2D eigenvalue weighted by atomic mass is 10.1. The van der Waals surface area contributed by atoms with Crippen LogP contribution >= 0.6 is 0 Å². The first-order chi connectivity index (χ1) is 8.04. The minimum atomic E-state index is -0.184. The fourth-order valence-corrected chi connectivity index (χ4v) is 1.93. The summed E-state index contributed by atoms with van der Waals surface area (Å²) in [6.07, 6.45) is 2.25. The fourth-order valence-electron chi connectivity index (χ4n) is 1.93. The molecule has 1 aliphatic carbocycles. The predicted octanol–water partition coefficient (Wildman–Crippen LogP) is 2.38. The number of anilines is 1. The van der Waals surface area contributed by atoms with Gasteiger partial charge < -0.3 is 10.6 Å². The molecule has 17 heavy (non-hydrogen) atoms. The highest BCUT2D eigenvalue weighted by Gasteiger charge is 2.25. The zero-order valence-corrected chi connectivity index (χ0v) is 10.7. The van der Waals surface area contributed by atoms with Crippen LogP contribution in [0.1, 0.15) is 30.9 Å². The van der Waals surface area contributed by atoms with Crippen molar-refractivity contribution in [2.45, 2.75) is 45.7 Å². The highest BCUT2D eigenvalue weighted by molar-refractivity contribution is 5.84. The third-order valence-corrected chi connectivity index (χ3v) is 2.92. The Balaban J connectivity index is 1.96. The SMILES string of the molecule is Cc1cc(C)cc(NC(C)C(=O)NC2CC2)c1. The molecule has 0 saturated heterocycles. The standard InChI is InChI=1S/C14H20N2O/c1-9-6-10(2)8-13(7-9)15-11(3)14(17)16-12-4-5-12/h6-8,11-12,15H,4-5H2,1-3H3,(H,16,17). The molecule has 0 radical (unpaired) electrons. The number of carbonyl (C=O) groups excluding carboxylic acids is 1. The lowest BCUT2D eigenvalue weighted by molar-refractivity contribution is -0.121. The second-order valence-corrected chi connectivity index (χ2v) is 5.03. The second-order valence-electron chi connectivity index (χ2n) is 5.03. The molecule has 1 unspecified atom stereocenters. The number of amides is 1. The van der Waals surface area contributed by atoms with Crippen LogP contribution in [0.5, 0.6) is 0 Å². The van der Waals surface area contributed by atoms with Gasteiger partial charge in [-0.1, -0.05) is 6.07 Å². The first-order valence-electron chi connectivity index (χ1n) is 6.20. The molecule has 0 aromatic heterocycles. The molecule has 1 atom stereocenters. The molecule has 1 aromatic rings. The Hall–Kier alpha value is -1.51. The van der Waals surface area contributed by atoms with Crippen molar-refractivity contribution in [1.29, 1.82) is 0 Å². The second kappa shape index (κ2) is 4.78. The van der Waals surface area contributed by atoms with E-state index in [4.69, 9.17) is 0 Å². The summed E-state index contributed by atoms with van der Waals surface area (Å²) in [7, 11) is 0. The highest BCUT2D eigenvalue weighted by Crippen LogP contribution is 2.19. The van der Waals surface area contributed by atoms with Crippen LogP contribution in [0.15, 0.2) is 18.2 Å². The van der Waals surface area contributed by atoms with E-state index in [-0.39, 0.29) is 11.9 Å². The Bertz CT molecular complexity index is 404. The number of rotatable bonds is 4. The maximum Gasteiger partial charge on any atom is 0.242 e. The number of hydrogen-bond acceptors (Lipinski definition) is 2. The lowest BCUT2D eigenvalue weighted by Gasteiger charge is -2.16. The van der Waals surface area contributed by atoms with E-state index in [0.717, 1.165) is 18.5 Å². The molecule has 3 heteroatoms. The average molecular weight is 232 g/mol. The summed E-state index contributed by atoms with van der Waals surface area (Å²) in [5.41, 5.74) is 3.44. The summed E-state index contributed by atoms with van der Waals surface area (Å²) >= 11 is 0. The summed E-state index contributed by atoms with van der Waals surface area (Å²) in [6.45, 7) is 6.02. The molecule has 0 aliphatic heterocycles. The van der Waals surface area contributed by atoms with E-state index in [0.29, 0.717) is 6.04 Å². The van der Waals surface area contributed by atoms with Crippen LogP contribution in [-0.4, -0.2) is 18.0 Å². The number of aryl methyl sites for hydroxylation is 2. The van der Waals surface area contributed by atoms with Crippen molar-refractivity contribution in [1.82, 2.24) is 5.32 Å². The van der Waals surface area contributed by atoms with Gasteiger partial charge >= 0.3 is 0 Å². The maximum atomic E-state index is 11.8. The van der Waals surface area contributed by atoms with Crippen LogP contribution in [0, 0.1) is 13.8 Å². The van der Waals surface area contributed by atoms with Gasteiger partial charge in [-0.2, -0.15) is 0 Å². The van der Waals surface area contributed by atoms with Crippen LogP contribution in [0.2, 0.25) is 0 Å². The van der Waals surface area contributed by atoms with Crippen molar-refractivity contribution < 1.29 is 4.79 Å². The van der Waals surface area contributed by atoms with E-state index >= 15 is 0 Å². The number of benzene rings is 1. The van der Waals surface area contributed by atoms with E-state index in [1.807, 2.05) is 6.92 Å². The third-order valence-electron chi connectivity index (χ3n) is 2.92. The molecule has 0 spiro atoms. The van der Waals surface area contributed by atoms with Gasteiger partial charge in [-0.3, -0.25) is 4.79 Å². The Morgan fingerprint density at radius 2 is 1.82 bits per heavy atom. The zero-order valence-electron chi connectivity index (χ0n) is 10.7. The molecule has 0 heterocycles. The normalized spacial score (nSPS) is 16.4. The van der Waals surface area contributed by atoms with Crippen LogP contribution in [0.25, 0.3) is 0 Å². The molecule has 1 fully saturated rings. The summed E-state index contributed by atoms with van der Waals surface area (Å²) in [4.78, 5) is 11.8. The van der Waals surface area contributed by atoms with Gasteiger partial charge in [-0.25, -0.2) is 0 Å². The molecule has 1 aromatic carbocycles. The highest BCUT2D eigenvalue weighted by atomic mass is 16.2.